The van der Waals surface area contributed by atoms with Gasteiger partial charge in [-0.25, -0.2) is 0 Å². The molecule has 0 aromatic heterocycles. The average molecular weight is 430 g/mol. The zero-order chi connectivity index (χ0) is 21.8. The second kappa shape index (κ2) is 8.81. The molecule has 0 heterocycles. The highest BCUT2D eigenvalue weighted by Crippen LogP contribution is 2.24. The van der Waals surface area contributed by atoms with Gasteiger partial charge in [-0.05, 0) is 51.5 Å². The van der Waals surface area contributed by atoms with E-state index in [2.05, 4.69) is 16.2 Å². The number of thiocarbonyl (C=S) groups is 1. The van der Waals surface area contributed by atoms with Gasteiger partial charge in [0, 0.05) is 0 Å². The molecule has 7 heteroatoms. The van der Waals surface area contributed by atoms with Gasteiger partial charge in [-0.3, -0.25) is 20.4 Å². The molecule has 0 unspecified atom stereocenters. The molecule has 4 aromatic carbocycles. The van der Waals surface area contributed by atoms with E-state index in [0.717, 1.165) is 27.1 Å². The molecule has 6 nitrogen and oxygen atoms in total. The van der Waals surface area contributed by atoms with Gasteiger partial charge in [0.1, 0.15) is 5.75 Å². The number of aromatic hydroxyl groups is 1. The second-order valence-electron chi connectivity index (χ2n) is 6.99. The van der Waals surface area contributed by atoms with E-state index < -0.39 is 5.91 Å². The van der Waals surface area contributed by atoms with Crippen LogP contribution in [0.2, 0.25) is 0 Å². The van der Waals surface area contributed by atoms with Gasteiger partial charge in [-0.2, -0.15) is 0 Å². The molecule has 31 heavy (non-hydrogen) atoms. The SMILES string of the molecule is O=C(Cc1cccc2ccccc12)NC(=S)NNC(=O)c1cc2ccccc2cc1O. The van der Waals surface area contributed by atoms with E-state index in [0.29, 0.717) is 0 Å². The topological polar surface area (TPSA) is 90.5 Å². The maximum Gasteiger partial charge on any atom is 0.273 e. The van der Waals surface area contributed by atoms with Crippen LogP contribution in [0.4, 0.5) is 0 Å². The summed E-state index contributed by atoms with van der Waals surface area (Å²) in [5.41, 5.74) is 5.87. The maximum atomic E-state index is 12.4. The van der Waals surface area contributed by atoms with Gasteiger partial charge < -0.3 is 10.4 Å². The molecular weight excluding hydrogens is 410 g/mol. The molecule has 0 aliphatic heterocycles. The van der Waals surface area contributed by atoms with Crippen LogP contribution in [0, 0.1) is 0 Å². The highest BCUT2D eigenvalue weighted by molar-refractivity contribution is 7.80. The summed E-state index contributed by atoms with van der Waals surface area (Å²) in [4.78, 5) is 24.8. The van der Waals surface area contributed by atoms with Crippen LogP contribution in [0.1, 0.15) is 15.9 Å². The Morgan fingerprint density at radius 1 is 0.806 bits per heavy atom. The van der Waals surface area contributed by atoms with Crippen molar-refractivity contribution in [1.82, 2.24) is 16.2 Å². The van der Waals surface area contributed by atoms with Crippen LogP contribution in [0.25, 0.3) is 21.5 Å². The molecule has 0 aliphatic rings. The van der Waals surface area contributed by atoms with Crippen molar-refractivity contribution in [3.63, 3.8) is 0 Å². The predicted octanol–water partition coefficient (Wildman–Crippen LogP) is 3.58. The first-order valence-corrected chi connectivity index (χ1v) is 10.0. The number of rotatable bonds is 3. The van der Waals surface area contributed by atoms with Gasteiger partial charge in [0.05, 0.1) is 12.0 Å². The van der Waals surface area contributed by atoms with Crippen molar-refractivity contribution in [2.24, 2.45) is 0 Å². The number of hydrazine groups is 1. The van der Waals surface area contributed by atoms with Crippen molar-refractivity contribution < 1.29 is 14.7 Å². The summed E-state index contributed by atoms with van der Waals surface area (Å²) in [5, 5.41) is 16.3. The van der Waals surface area contributed by atoms with E-state index in [1.165, 1.54) is 6.07 Å². The number of nitrogens with one attached hydrogen (secondary N) is 3. The summed E-state index contributed by atoms with van der Waals surface area (Å²) in [6, 6.07) is 24.1. The third-order valence-electron chi connectivity index (χ3n) is 4.88. The summed E-state index contributed by atoms with van der Waals surface area (Å²) < 4.78 is 0. The molecule has 0 bridgehead atoms. The summed E-state index contributed by atoms with van der Waals surface area (Å²) in [5.74, 6) is -1.03. The molecule has 0 spiro atoms. The minimum absolute atomic E-state index is 0.0427. The Balaban J connectivity index is 1.36. The number of carbonyl (C=O) groups is 2. The Morgan fingerprint density at radius 3 is 2.23 bits per heavy atom. The van der Waals surface area contributed by atoms with E-state index in [4.69, 9.17) is 12.2 Å². The van der Waals surface area contributed by atoms with Crippen LogP contribution in [-0.2, 0) is 11.2 Å². The molecule has 154 valence electrons. The average Bonchev–Trinajstić information content (AvgIpc) is 2.77. The largest absolute Gasteiger partial charge is 0.507 e. The van der Waals surface area contributed by atoms with Crippen molar-refractivity contribution in [2.75, 3.05) is 0 Å². The number of phenols is 1. The van der Waals surface area contributed by atoms with Crippen molar-refractivity contribution in [2.45, 2.75) is 6.42 Å². The van der Waals surface area contributed by atoms with E-state index in [9.17, 15) is 14.7 Å². The van der Waals surface area contributed by atoms with Crippen LogP contribution in [0.15, 0.2) is 78.9 Å². The van der Waals surface area contributed by atoms with Gasteiger partial charge in [0.25, 0.3) is 5.91 Å². The Bertz CT molecular complexity index is 1310. The highest BCUT2D eigenvalue weighted by Gasteiger charge is 2.14. The van der Waals surface area contributed by atoms with Gasteiger partial charge in [0.15, 0.2) is 5.11 Å². The van der Waals surface area contributed by atoms with Crippen LogP contribution >= 0.6 is 12.2 Å². The number of hydrogen-bond acceptors (Lipinski definition) is 4. The molecule has 0 fully saturated rings. The Kier molecular flexibility index (Phi) is 5.77. The van der Waals surface area contributed by atoms with Crippen molar-refractivity contribution in [3.05, 3.63) is 90.0 Å². The molecule has 4 aromatic rings. The Hall–Kier alpha value is -3.97. The summed E-state index contributed by atoms with van der Waals surface area (Å²) >= 11 is 5.10. The molecule has 4 rings (SSSR count). The number of phenolic OH excluding ortho intramolecular Hbond substituents is 1. The molecule has 2 amide bonds. The fourth-order valence-electron chi connectivity index (χ4n) is 3.41. The quantitative estimate of drug-likeness (QED) is 0.295. The zero-order valence-corrected chi connectivity index (χ0v) is 17.2. The fraction of sp³-hybridized carbons (Fsp3) is 0.0417. The monoisotopic (exact) mass is 429 g/mol. The van der Waals surface area contributed by atoms with Gasteiger partial charge in [-0.15, -0.1) is 0 Å². The van der Waals surface area contributed by atoms with E-state index in [1.54, 1.807) is 6.07 Å². The van der Waals surface area contributed by atoms with E-state index in [1.807, 2.05) is 66.7 Å². The van der Waals surface area contributed by atoms with E-state index in [-0.39, 0.29) is 28.8 Å². The highest BCUT2D eigenvalue weighted by atomic mass is 32.1. The van der Waals surface area contributed by atoms with Crippen LogP contribution in [0.3, 0.4) is 0 Å². The lowest BCUT2D eigenvalue weighted by molar-refractivity contribution is -0.119. The van der Waals surface area contributed by atoms with Gasteiger partial charge in [-0.1, -0.05) is 66.7 Å². The first-order valence-electron chi connectivity index (χ1n) is 9.60. The fourth-order valence-corrected chi connectivity index (χ4v) is 3.58. The third kappa shape index (κ3) is 4.62. The van der Waals surface area contributed by atoms with Crippen LogP contribution in [0.5, 0.6) is 5.75 Å². The van der Waals surface area contributed by atoms with Gasteiger partial charge >= 0.3 is 0 Å². The number of hydrogen-bond donors (Lipinski definition) is 4. The minimum Gasteiger partial charge on any atom is -0.507 e. The Labute approximate surface area is 183 Å². The van der Waals surface area contributed by atoms with Crippen molar-refractivity contribution in [1.29, 1.82) is 0 Å². The zero-order valence-electron chi connectivity index (χ0n) is 16.4. The van der Waals surface area contributed by atoms with Gasteiger partial charge in [0.2, 0.25) is 5.91 Å². The number of benzene rings is 4. The number of fused-ring (bicyclic) bond motifs is 2. The molecule has 0 saturated carbocycles. The van der Waals surface area contributed by atoms with Crippen molar-refractivity contribution >= 4 is 50.7 Å². The third-order valence-corrected chi connectivity index (χ3v) is 5.09. The molecule has 0 atom stereocenters. The van der Waals surface area contributed by atoms with Crippen LogP contribution in [-0.4, -0.2) is 22.0 Å². The first-order chi connectivity index (χ1) is 15.0. The maximum absolute atomic E-state index is 12.4. The van der Waals surface area contributed by atoms with E-state index >= 15 is 0 Å². The molecular formula is C24H19N3O3S. The molecule has 4 N–H and O–H groups in total. The lowest BCUT2D eigenvalue weighted by Gasteiger charge is -2.12. The standard InChI is InChI=1S/C24H19N3O3S/c28-21-13-17-8-2-1-7-16(17)12-20(21)23(30)26-27-24(31)25-22(29)14-18-10-5-9-15-6-3-4-11-19(15)18/h1-13,28H,14H2,(H,26,30)(H2,25,27,29,31). The smallest absolute Gasteiger partial charge is 0.273 e. The second-order valence-corrected chi connectivity index (χ2v) is 7.40. The summed E-state index contributed by atoms with van der Waals surface area (Å²) in [7, 11) is 0. The lowest BCUT2D eigenvalue weighted by atomic mass is 10.0. The molecule has 0 saturated heterocycles. The lowest BCUT2D eigenvalue weighted by Crippen LogP contribution is -2.48. The number of carbonyl (C=O) groups excluding carboxylic acids is 2. The summed E-state index contributed by atoms with van der Waals surface area (Å²) in [6.45, 7) is 0. The first kappa shape index (κ1) is 20.3. The molecule has 0 aliphatic carbocycles. The normalized spacial score (nSPS) is 10.6. The summed E-state index contributed by atoms with van der Waals surface area (Å²) in [6.07, 6.45) is 0.141. The Morgan fingerprint density at radius 2 is 1.45 bits per heavy atom. The molecule has 0 radical (unpaired) electrons. The van der Waals surface area contributed by atoms with Crippen molar-refractivity contribution in [3.8, 4) is 5.75 Å². The number of amides is 2. The van der Waals surface area contributed by atoms with Crippen LogP contribution < -0.4 is 16.2 Å². The predicted molar refractivity (Wildman–Crippen MR) is 125 cm³/mol. The minimum atomic E-state index is -0.575.